The van der Waals surface area contributed by atoms with E-state index in [1.54, 1.807) is 11.3 Å². The summed E-state index contributed by atoms with van der Waals surface area (Å²) in [4.78, 5) is 12.8. The maximum atomic E-state index is 11.5. The molecular formula is C12H17IN2OS. The maximum Gasteiger partial charge on any atom is 0.233 e. The molecule has 0 unspecified atom stereocenters. The number of nitrogens with one attached hydrogen (secondary N) is 2. The maximum absolute atomic E-state index is 11.5. The van der Waals surface area contributed by atoms with Gasteiger partial charge in [0.05, 0.1) is 9.43 Å². The second-order valence-electron chi connectivity index (χ2n) is 4.38. The van der Waals surface area contributed by atoms with Gasteiger partial charge in [-0.05, 0) is 66.4 Å². The van der Waals surface area contributed by atoms with Crippen molar-refractivity contribution in [2.24, 2.45) is 5.92 Å². The van der Waals surface area contributed by atoms with Gasteiger partial charge in [-0.2, -0.15) is 0 Å². The van der Waals surface area contributed by atoms with E-state index in [0.29, 0.717) is 6.54 Å². The molecule has 0 spiro atoms. The Morgan fingerprint density at radius 2 is 2.29 bits per heavy atom. The van der Waals surface area contributed by atoms with Crippen molar-refractivity contribution in [3.05, 3.63) is 19.9 Å². The molecule has 5 heteroatoms. The fraction of sp³-hybridized carbons (Fsp3) is 0.583. The Hall–Kier alpha value is -0.140. The van der Waals surface area contributed by atoms with E-state index < -0.39 is 0 Å². The van der Waals surface area contributed by atoms with Crippen LogP contribution in [0.15, 0.2) is 12.1 Å². The number of carbonyl (C=O) groups is 1. The molecule has 1 aromatic heterocycles. The van der Waals surface area contributed by atoms with Crippen LogP contribution in [0.1, 0.15) is 17.7 Å². The molecule has 1 saturated carbocycles. The number of halogens is 1. The molecule has 0 aromatic carbocycles. The van der Waals surface area contributed by atoms with E-state index in [4.69, 9.17) is 0 Å². The first kappa shape index (κ1) is 13.3. The number of amides is 1. The first-order valence-corrected chi connectivity index (χ1v) is 7.85. The SMILES string of the molecule is O=C(CNCC1CC1)NCCc1ccc(I)s1. The fourth-order valence-electron chi connectivity index (χ4n) is 1.59. The topological polar surface area (TPSA) is 41.1 Å². The Labute approximate surface area is 120 Å². The molecule has 0 atom stereocenters. The van der Waals surface area contributed by atoms with Crippen LogP contribution in [0.4, 0.5) is 0 Å². The zero-order chi connectivity index (χ0) is 12.1. The third kappa shape index (κ3) is 5.35. The van der Waals surface area contributed by atoms with E-state index in [2.05, 4.69) is 45.4 Å². The van der Waals surface area contributed by atoms with Crippen molar-refractivity contribution >= 4 is 39.8 Å². The molecule has 3 nitrogen and oxygen atoms in total. The van der Waals surface area contributed by atoms with Gasteiger partial charge in [-0.15, -0.1) is 11.3 Å². The summed E-state index contributed by atoms with van der Waals surface area (Å²) < 4.78 is 1.30. The molecule has 1 aliphatic carbocycles. The van der Waals surface area contributed by atoms with E-state index in [9.17, 15) is 4.79 Å². The Balaban J connectivity index is 1.53. The van der Waals surface area contributed by atoms with E-state index in [1.165, 1.54) is 20.6 Å². The first-order chi connectivity index (χ1) is 8.24. The standard InChI is InChI=1S/C12H17IN2OS/c13-11-4-3-10(17-11)5-6-15-12(16)8-14-7-9-1-2-9/h3-4,9,14H,1-2,5-8H2,(H,15,16). The van der Waals surface area contributed by atoms with Gasteiger partial charge in [0.1, 0.15) is 0 Å². The van der Waals surface area contributed by atoms with E-state index in [0.717, 1.165) is 25.4 Å². The van der Waals surface area contributed by atoms with Crippen molar-refractivity contribution in [1.29, 1.82) is 0 Å². The molecule has 0 saturated heterocycles. The molecule has 94 valence electrons. The van der Waals surface area contributed by atoms with Gasteiger partial charge >= 0.3 is 0 Å². The first-order valence-electron chi connectivity index (χ1n) is 5.95. The summed E-state index contributed by atoms with van der Waals surface area (Å²) in [6.45, 7) is 2.19. The minimum Gasteiger partial charge on any atom is -0.355 e. The molecule has 1 fully saturated rings. The van der Waals surface area contributed by atoms with Gasteiger partial charge in [0.25, 0.3) is 0 Å². The predicted octanol–water partition coefficient (Wildman–Crippen LogP) is 2.01. The van der Waals surface area contributed by atoms with Crippen LogP contribution in [0, 0.1) is 8.80 Å². The summed E-state index contributed by atoms with van der Waals surface area (Å²) in [6.07, 6.45) is 3.58. The predicted molar refractivity (Wildman–Crippen MR) is 79.3 cm³/mol. The highest BCUT2D eigenvalue weighted by molar-refractivity contribution is 14.1. The van der Waals surface area contributed by atoms with E-state index >= 15 is 0 Å². The second kappa shape index (κ2) is 6.70. The van der Waals surface area contributed by atoms with Crippen LogP contribution in [-0.2, 0) is 11.2 Å². The summed E-state index contributed by atoms with van der Waals surface area (Å²) >= 11 is 4.11. The highest BCUT2D eigenvalue weighted by atomic mass is 127. The summed E-state index contributed by atoms with van der Waals surface area (Å²) in [5, 5.41) is 6.13. The van der Waals surface area contributed by atoms with Crippen LogP contribution >= 0.6 is 33.9 Å². The molecule has 1 aliphatic rings. The summed E-state index contributed by atoms with van der Waals surface area (Å²) in [7, 11) is 0. The van der Waals surface area contributed by atoms with E-state index in [-0.39, 0.29) is 5.91 Å². The average molecular weight is 364 g/mol. The highest BCUT2D eigenvalue weighted by Gasteiger charge is 2.20. The molecule has 1 heterocycles. The third-order valence-corrected chi connectivity index (χ3v) is 4.69. The van der Waals surface area contributed by atoms with Crippen molar-refractivity contribution < 1.29 is 4.79 Å². The number of rotatable bonds is 7. The van der Waals surface area contributed by atoms with Crippen molar-refractivity contribution in [3.8, 4) is 0 Å². The van der Waals surface area contributed by atoms with Gasteiger partial charge in [0.15, 0.2) is 0 Å². The lowest BCUT2D eigenvalue weighted by molar-refractivity contribution is -0.120. The minimum atomic E-state index is 0.108. The fourth-order valence-corrected chi connectivity index (χ4v) is 3.34. The summed E-state index contributed by atoms with van der Waals surface area (Å²) in [5.41, 5.74) is 0. The lowest BCUT2D eigenvalue weighted by Crippen LogP contribution is -2.35. The van der Waals surface area contributed by atoms with Gasteiger partial charge < -0.3 is 10.6 Å². The number of hydrogen-bond donors (Lipinski definition) is 2. The van der Waals surface area contributed by atoms with Gasteiger partial charge in [0.2, 0.25) is 5.91 Å². The molecule has 1 amide bonds. The normalized spacial score (nSPS) is 14.9. The van der Waals surface area contributed by atoms with Crippen molar-refractivity contribution in [2.45, 2.75) is 19.3 Å². The quantitative estimate of drug-likeness (QED) is 0.727. The lowest BCUT2D eigenvalue weighted by atomic mass is 10.3. The van der Waals surface area contributed by atoms with Gasteiger partial charge in [-0.3, -0.25) is 4.79 Å². The smallest absolute Gasteiger partial charge is 0.233 e. The molecule has 0 radical (unpaired) electrons. The van der Waals surface area contributed by atoms with Crippen LogP contribution in [0.2, 0.25) is 0 Å². The van der Waals surface area contributed by atoms with Crippen molar-refractivity contribution in [2.75, 3.05) is 19.6 Å². The summed E-state index contributed by atoms with van der Waals surface area (Å²) in [5.74, 6) is 0.938. The van der Waals surface area contributed by atoms with Crippen LogP contribution in [0.25, 0.3) is 0 Å². The molecular weight excluding hydrogens is 347 g/mol. The van der Waals surface area contributed by atoms with Crippen LogP contribution in [-0.4, -0.2) is 25.5 Å². The Kier molecular flexibility index (Phi) is 5.24. The number of carbonyl (C=O) groups excluding carboxylic acids is 1. The summed E-state index contributed by atoms with van der Waals surface area (Å²) in [6, 6.07) is 4.24. The largest absolute Gasteiger partial charge is 0.355 e. The highest BCUT2D eigenvalue weighted by Crippen LogP contribution is 2.27. The zero-order valence-corrected chi connectivity index (χ0v) is 12.6. The molecule has 2 rings (SSSR count). The molecule has 0 aliphatic heterocycles. The monoisotopic (exact) mass is 364 g/mol. The van der Waals surface area contributed by atoms with Gasteiger partial charge in [-0.1, -0.05) is 0 Å². The van der Waals surface area contributed by atoms with Gasteiger partial charge in [0, 0.05) is 11.4 Å². The van der Waals surface area contributed by atoms with E-state index in [1.807, 2.05) is 0 Å². The molecule has 1 aromatic rings. The molecule has 17 heavy (non-hydrogen) atoms. The third-order valence-electron chi connectivity index (χ3n) is 2.74. The van der Waals surface area contributed by atoms with Crippen LogP contribution in [0.3, 0.4) is 0 Å². The Morgan fingerprint density at radius 3 is 2.94 bits per heavy atom. The lowest BCUT2D eigenvalue weighted by Gasteiger charge is -2.05. The van der Waals surface area contributed by atoms with Gasteiger partial charge in [-0.25, -0.2) is 0 Å². The Morgan fingerprint density at radius 1 is 1.47 bits per heavy atom. The number of hydrogen-bond acceptors (Lipinski definition) is 3. The molecule has 0 bridgehead atoms. The van der Waals surface area contributed by atoms with Crippen molar-refractivity contribution in [3.63, 3.8) is 0 Å². The average Bonchev–Trinajstić information content (AvgIpc) is 3.02. The van der Waals surface area contributed by atoms with Crippen molar-refractivity contribution in [1.82, 2.24) is 10.6 Å². The number of thiophene rings is 1. The molecule has 2 N–H and O–H groups in total. The second-order valence-corrected chi connectivity index (χ2v) is 7.44. The zero-order valence-electron chi connectivity index (χ0n) is 9.67. The van der Waals surface area contributed by atoms with Crippen LogP contribution in [0.5, 0.6) is 0 Å². The van der Waals surface area contributed by atoms with Crippen LogP contribution < -0.4 is 10.6 Å². The minimum absolute atomic E-state index is 0.108. The Bertz CT molecular complexity index is 376.